The highest BCUT2D eigenvalue weighted by molar-refractivity contribution is 5.69. The molecule has 1 rings (SSSR count). The van der Waals surface area contributed by atoms with Crippen LogP contribution in [0, 0.1) is 5.92 Å². The van der Waals surface area contributed by atoms with E-state index in [9.17, 15) is 4.79 Å². The lowest BCUT2D eigenvalue weighted by atomic mass is 10.1. The van der Waals surface area contributed by atoms with Gasteiger partial charge in [0, 0.05) is 25.2 Å². The molecule has 1 N–H and O–H groups in total. The second-order valence-corrected chi connectivity index (χ2v) is 5.00. The van der Waals surface area contributed by atoms with Crippen LogP contribution in [0.15, 0.2) is 0 Å². The largest absolute Gasteiger partial charge is 0.481 e. The van der Waals surface area contributed by atoms with Crippen LogP contribution in [0.2, 0.25) is 0 Å². The summed E-state index contributed by atoms with van der Waals surface area (Å²) in [5.74, 6) is -0.973. The molecule has 0 aromatic rings. The molecule has 1 saturated heterocycles. The van der Waals surface area contributed by atoms with E-state index in [1.165, 1.54) is 0 Å². The fourth-order valence-electron chi connectivity index (χ4n) is 2.39. The number of carboxylic acid groups (broad SMARTS) is 1. The maximum Gasteiger partial charge on any atom is 0.307 e. The van der Waals surface area contributed by atoms with Gasteiger partial charge in [0.05, 0.1) is 5.92 Å². The third-order valence-corrected chi connectivity index (χ3v) is 3.72. The number of rotatable bonds is 5. The minimum absolute atomic E-state index is 0.277. The Kier molecular flexibility index (Phi) is 4.74. The van der Waals surface area contributed by atoms with Crippen LogP contribution in [0.3, 0.4) is 0 Å². The summed E-state index contributed by atoms with van der Waals surface area (Å²) < 4.78 is 0. The van der Waals surface area contributed by atoms with E-state index in [0.717, 1.165) is 19.5 Å². The molecule has 0 radical (unpaired) electrons. The molecule has 0 amide bonds. The summed E-state index contributed by atoms with van der Waals surface area (Å²) in [7, 11) is 2.14. The third kappa shape index (κ3) is 3.19. The molecule has 1 heterocycles. The lowest BCUT2D eigenvalue weighted by molar-refractivity contribution is -0.141. The van der Waals surface area contributed by atoms with Gasteiger partial charge in [0.2, 0.25) is 0 Å². The van der Waals surface area contributed by atoms with Crippen molar-refractivity contribution in [3.05, 3.63) is 0 Å². The Morgan fingerprint density at radius 1 is 1.62 bits per heavy atom. The predicted octanol–water partition coefficient (Wildman–Crippen LogP) is 1.12. The standard InChI is InChI=1S/C12H24N2O2/c1-5-14(7-9(2)12(15)16)11-6-10(3)13(4)8-11/h9-11H,5-8H2,1-4H3,(H,15,16). The Morgan fingerprint density at radius 3 is 2.62 bits per heavy atom. The van der Waals surface area contributed by atoms with Gasteiger partial charge in [-0.1, -0.05) is 13.8 Å². The van der Waals surface area contributed by atoms with Crippen molar-refractivity contribution < 1.29 is 9.90 Å². The molecule has 3 atom stereocenters. The van der Waals surface area contributed by atoms with Crippen LogP contribution in [-0.4, -0.2) is 59.6 Å². The van der Waals surface area contributed by atoms with E-state index in [4.69, 9.17) is 5.11 Å². The van der Waals surface area contributed by atoms with Gasteiger partial charge < -0.3 is 10.0 Å². The van der Waals surface area contributed by atoms with Crippen molar-refractivity contribution in [1.82, 2.24) is 9.80 Å². The van der Waals surface area contributed by atoms with Crippen molar-refractivity contribution in [2.45, 2.75) is 39.3 Å². The highest BCUT2D eigenvalue weighted by Crippen LogP contribution is 2.20. The fourth-order valence-corrected chi connectivity index (χ4v) is 2.39. The van der Waals surface area contributed by atoms with Gasteiger partial charge in [0.1, 0.15) is 0 Å². The molecule has 0 aromatic carbocycles. The zero-order chi connectivity index (χ0) is 12.3. The predicted molar refractivity (Wildman–Crippen MR) is 64.5 cm³/mol. The monoisotopic (exact) mass is 228 g/mol. The molecule has 4 nitrogen and oxygen atoms in total. The van der Waals surface area contributed by atoms with Crippen LogP contribution < -0.4 is 0 Å². The van der Waals surface area contributed by atoms with Crippen molar-refractivity contribution in [2.24, 2.45) is 5.92 Å². The molecule has 0 aliphatic carbocycles. The number of likely N-dealkylation sites (tertiary alicyclic amines) is 1. The molecule has 16 heavy (non-hydrogen) atoms. The molecule has 94 valence electrons. The smallest absolute Gasteiger partial charge is 0.307 e. The van der Waals surface area contributed by atoms with Crippen molar-refractivity contribution >= 4 is 5.97 Å². The van der Waals surface area contributed by atoms with E-state index in [1.54, 1.807) is 6.92 Å². The van der Waals surface area contributed by atoms with E-state index < -0.39 is 5.97 Å². The van der Waals surface area contributed by atoms with E-state index in [0.29, 0.717) is 18.6 Å². The summed E-state index contributed by atoms with van der Waals surface area (Å²) in [6, 6.07) is 1.13. The Bertz CT molecular complexity index is 235. The molecular formula is C12H24N2O2. The van der Waals surface area contributed by atoms with Crippen molar-refractivity contribution in [2.75, 3.05) is 26.7 Å². The zero-order valence-corrected chi connectivity index (χ0v) is 10.8. The molecule has 0 spiro atoms. The first-order valence-corrected chi connectivity index (χ1v) is 6.12. The number of likely N-dealkylation sites (N-methyl/N-ethyl adjacent to an activating group) is 2. The highest BCUT2D eigenvalue weighted by atomic mass is 16.4. The van der Waals surface area contributed by atoms with Crippen molar-refractivity contribution in [3.63, 3.8) is 0 Å². The SMILES string of the molecule is CCN(CC(C)C(=O)O)C1CC(C)N(C)C1. The van der Waals surface area contributed by atoms with Crippen LogP contribution >= 0.6 is 0 Å². The molecule has 1 fully saturated rings. The number of hydrogen-bond donors (Lipinski definition) is 1. The lowest BCUT2D eigenvalue weighted by Crippen LogP contribution is -2.41. The first-order valence-electron chi connectivity index (χ1n) is 6.12. The van der Waals surface area contributed by atoms with Gasteiger partial charge in [-0.05, 0) is 26.9 Å². The number of aliphatic carboxylic acids is 1. The minimum atomic E-state index is -0.696. The normalized spacial score (nSPS) is 28.6. The van der Waals surface area contributed by atoms with Crippen LogP contribution in [0.5, 0.6) is 0 Å². The van der Waals surface area contributed by atoms with E-state index in [-0.39, 0.29) is 5.92 Å². The summed E-state index contributed by atoms with van der Waals surface area (Å²) in [4.78, 5) is 15.5. The fraction of sp³-hybridized carbons (Fsp3) is 0.917. The topological polar surface area (TPSA) is 43.8 Å². The lowest BCUT2D eigenvalue weighted by Gasteiger charge is -2.28. The molecule has 1 aliphatic heterocycles. The Balaban J connectivity index is 2.52. The number of nitrogens with zero attached hydrogens (tertiary/aromatic N) is 2. The summed E-state index contributed by atoms with van der Waals surface area (Å²) in [6.45, 7) is 8.78. The average molecular weight is 228 g/mol. The second-order valence-electron chi connectivity index (χ2n) is 5.00. The van der Waals surface area contributed by atoms with Gasteiger partial charge in [-0.3, -0.25) is 9.69 Å². The van der Waals surface area contributed by atoms with Crippen LogP contribution in [-0.2, 0) is 4.79 Å². The van der Waals surface area contributed by atoms with Gasteiger partial charge >= 0.3 is 5.97 Å². The molecule has 4 heteroatoms. The van der Waals surface area contributed by atoms with Crippen LogP contribution in [0.1, 0.15) is 27.2 Å². The number of hydrogen-bond acceptors (Lipinski definition) is 3. The third-order valence-electron chi connectivity index (χ3n) is 3.72. The Labute approximate surface area is 98.2 Å². The Morgan fingerprint density at radius 2 is 2.25 bits per heavy atom. The molecule has 1 aliphatic rings. The van der Waals surface area contributed by atoms with Crippen LogP contribution in [0.25, 0.3) is 0 Å². The quantitative estimate of drug-likeness (QED) is 0.766. The van der Waals surface area contributed by atoms with Crippen LogP contribution in [0.4, 0.5) is 0 Å². The summed E-state index contributed by atoms with van der Waals surface area (Å²) in [6.07, 6.45) is 1.15. The molecule has 0 aromatic heterocycles. The molecule has 0 bridgehead atoms. The van der Waals surface area contributed by atoms with Gasteiger partial charge in [-0.15, -0.1) is 0 Å². The van der Waals surface area contributed by atoms with Gasteiger partial charge in [-0.25, -0.2) is 0 Å². The second kappa shape index (κ2) is 5.64. The minimum Gasteiger partial charge on any atom is -0.481 e. The first-order chi connectivity index (χ1) is 7.45. The van der Waals surface area contributed by atoms with Crippen molar-refractivity contribution in [3.8, 4) is 0 Å². The summed E-state index contributed by atoms with van der Waals surface area (Å²) in [5, 5.41) is 8.94. The van der Waals surface area contributed by atoms with E-state index in [1.807, 2.05) is 0 Å². The highest BCUT2D eigenvalue weighted by Gasteiger charge is 2.31. The van der Waals surface area contributed by atoms with E-state index in [2.05, 4.69) is 30.7 Å². The maximum atomic E-state index is 10.9. The zero-order valence-electron chi connectivity index (χ0n) is 10.8. The average Bonchev–Trinajstić information content (AvgIpc) is 2.55. The first kappa shape index (κ1) is 13.5. The van der Waals surface area contributed by atoms with Gasteiger partial charge in [0.25, 0.3) is 0 Å². The molecular weight excluding hydrogens is 204 g/mol. The Hall–Kier alpha value is -0.610. The van der Waals surface area contributed by atoms with Gasteiger partial charge in [0.15, 0.2) is 0 Å². The summed E-state index contributed by atoms with van der Waals surface area (Å²) in [5.41, 5.74) is 0. The number of carbonyl (C=O) groups is 1. The van der Waals surface area contributed by atoms with Gasteiger partial charge in [-0.2, -0.15) is 0 Å². The molecule has 0 saturated carbocycles. The molecule has 3 unspecified atom stereocenters. The number of carboxylic acids is 1. The van der Waals surface area contributed by atoms with E-state index >= 15 is 0 Å². The van der Waals surface area contributed by atoms with Crippen molar-refractivity contribution in [1.29, 1.82) is 0 Å². The maximum absolute atomic E-state index is 10.9. The summed E-state index contributed by atoms with van der Waals surface area (Å²) >= 11 is 0.